The fourth-order valence-corrected chi connectivity index (χ4v) is 5.55. The van der Waals surface area contributed by atoms with Gasteiger partial charge in [-0.1, -0.05) is 48.5 Å². The van der Waals surface area contributed by atoms with E-state index < -0.39 is 23.3 Å². The normalized spacial score (nSPS) is 29.5. The van der Waals surface area contributed by atoms with Crippen LogP contribution in [0, 0.1) is 22.0 Å². The minimum Gasteiger partial charge on any atom is -0.396 e. The molecule has 1 N–H and O–H groups in total. The van der Waals surface area contributed by atoms with Gasteiger partial charge in [-0.15, -0.1) is 0 Å². The Morgan fingerprint density at radius 1 is 1.00 bits per heavy atom. The Labute approximate surface area is 160 Å². The van der Waals surface area contributed by atoms with E-state index >= 15 is 0 Å². The second kappa shape index (κ2) is 5.72. The third-order valence-electron chi connectivity index (χ3n) is 6.49. The Balaban J connectivity index is 1.83. The van der Waals surface area contributed by atoms with Crippen molar-refractivity contribution in [2.75, 3.05) is 13.2 Å². The second-order valence-corrected chi connectivity index (χ2v) is 7.58. The molecule has 1 heterocycles. The maximum absolute atomic E-state index is 13.3. The van der Waals surface area contributed by atoms with E-state index in [1.54, 1.807) is 24.3 Å². The van der Waals surface area contributed by atoms with E-state index in [1.165, 1.54) is 0 Å². The summed E-state index contributed by atoms with van der Waals surface area (Å²) in [6.45, 7) is -0.0783. The van der Waals surface area contributed by atoms with E-state index in [1.807, 2.05) is 24.3 Å². The van der Waals surface area contributed by atoms with Crippen LogP contribution < -0.4 is 0 Å². The third-order valence-corrected chi connectivity index (χ3v) is 6.49. The molecule has 3 aliphatic carbocycles. The number of hydrogen-bond donors (Lipinski definition) is 1. The largest absolute Gasteiger partial charge is 0.396 e. The molecule has 0 unspecified atom stereocenters. The maximum atomic E-state index is 13.3. The molecule has 2 aromatic carbocycles. The molecule has 2 atom stereocenters. The van der Waals surface area contributed by atoms with Crippen LogP contribution in [0.4, 0.5) is 0 Å². The van der Waals surface area contributed by atoms with Crippen LogP contribution in [0.15, 0.2) is 48.5 Å². The zero-order valence-electron chi connectivity index (χ0n) is 14.9. The highest BCUT2D eigenvalue weighted by atomic mass is 16.6. The first-order valence-corrected chi connectivity index (χ1v) is 9.34. The third kappa shape index (κ3) is 1.77. The number of amides is 2. The van der Waals surface area contributed by atoms with Crippen LogP contribution >= 0.6 is 0 Å². The molecule has 4 aliphatic rings. The van der Waals surface area contributed by atoms with Crippen LogP contribution in [0.5, 0.6) is 0 Å². The monoisotopic (exact) mass is 378 g/mol. The van der Waals surface area contributed by atoms with Gasteiger partial charge in [-0.3, -0.25) is 24.6 Å². The number of benzene rings is 2. The lowest BCUT2D eigenvalue weighted by Crippen LogP contribution is -2.57. The standard InChI is InChI=1S/C21H18N2O5/c24-11-5-10-22-19(25)17-16-12-6-1-3-8-14(12)21(23(27)28,18(17)20(22)26)15-9-4-2-7-13(15)16/h1-4,6-9,16-18,24H,5,10-11H2/t16?,17-,18+,21?/m0/s1. The molecule has 1 saturated heterocycles. The summed E-state index contributed by atoms with van der Waals surface area (Å²) < 4.78 is 0. The summed E-state index contributed by atoms with van der Waals surface area (Å²) in [7, 11) is 0. The average molecular weight is 378 g/mol. The van der Waals surface area contributed by atoms with E-state index in [9.17, 15) is 19.7 Å². The first-order valence-electron chi connectivity index (χ1n) is 9.34. The molecule has 7 heteroatoms. The number of nitrogens with zero attached hydrogens (tertiary/aromatic N) is 2. The summed E-state index contributed by atoms with van der Waals surface area (Å²) in [5, 5.41) is 21.8. The highest BCUT2D eigenvalue weighted by molar-refractivity contribution is 6.08. The molecule has 0 radical (unpaired) electrons. The van der Waals surface area contributed by atoms with Crippen molar-refractivity contribution in [1.29, 1.82) is 0 Å². The van der Waals surface area contributed by atoms with Crippen molar-refractivity contribution in [2.24, 2.45) is 11.8 Å². The molecule has 2 aromatic rings. The Morgan fingerprint density at radius 3 is 2.11 bits per heavy atom. The van der Waals surface area contributed by atoms with E-state index in [0.717, 1.165) is 16.0 Å². The lowest BCUT2D eigenvalue weighted by Gasteiger charge is -2.48. The molecule has 0 saturated carbocycles. The molecule has 1 aliphatic heterocycles. The van der Waals surface area contributed by atoms with Gasteiger partial charge < -0.3 is 5.11 Å². The molecule has 0 spiro atoms. The van der Waals surface area contributed by atoms with Crippen molar-refractivity contribution in [1.82, 2.24) is 4.90 Å². The van der Waals surface area contributed by atoms with Crippen LogP contribution in [0.3, 0.4) is 0 Å². The number of nitro groups is 1. The number of imide groups is 1. The molecule has 2 bridgehead atoms. The van der Waals surface area contributed by atoms with Crippen LogP contribution in [0.25, 0.3) is 0 Å². The van der Waals surface area contributed by atoms with Gasteiger partial charge in [0.1, 0.15) is 5.92 Å². The van der Waals surface area contributed by atoms with Crippen molar-refractivity contribution >= 4 is 11.8 Å². The van der Waals surface area contributed by atoms with Gasteiger partial charge in [-0.05, 0) is 17.5 Å². The number of carbonyl (C=O) groups is 2. The predicted molar refractivity (Wildman–Crippen MR) is 97.9 cm³/mol. The van der Waals surface area contributed by atoms with E-state index in [4.69, 9.17) is 5.11 Å². The predicted octanol–water partition coefficient (Wildman–Crippen LogP) is 1.65. The molecule has 7 nitrogen and oxygen atoms in total. The molecule has 1 fully saturated rings. The minimum absolute atomic E-state index is 0.0777. The summed E-state index contributed by atoms with van der Waals surface area (Å²) in [5.41, 5.74) is 0.756. The molecule has 0 aromatic heterocycles. The van der Waals surface area contributed by atoms with Crippen LogP contribution in [-0.2, 0) is 15.1 Å². The topological polar surface area (TPSA) is 101 Å². The zero-order chi connectivity index (χ0) is 19.6. The molecule has 2 amide bonds. The van der Waals surface area contributed by atoms with Gasteiger partial charge in [0.15, 0.2) is 0 Å². The molecule has 28 heavy (non-hydrogen) atoms. The van der Waals surface area contributed by atoms with Crippen LogP contribution in [-0.4, -0.2) is 39.9 Å². The van der Waals surface area contributed by atoms with Crippen molar-refractivity contribution in [3.8, 4) is 0 Å². The highest BCUT2D eigenvalue weighted by Gasteiger charge is 2.74. The highest BCUT2D eigenvalue weighted by Crippen LogP contribution is 2.64. The zero-order valence-corrected chi connectivity index (χ0v) is 14.9. The summed E-state index contributed by atoms with van der Waals surface area (Å²) in [6.07, 6.45) is 0.257. The van der Waals surface area contributed by atoms with E-state index in [0.29, 0.717) is 11.1 Å². The molecular formula is C21H18N2O5. The number of carbonyl (C=O) groups excluding carboxylic acids is 2. The van der Waals surface area contributed by atoms with Gasteiger partial charge in [-0.25, -0.2) is 0 Å². The Morgan fingerprint density at radius 2 is 1.57 bits per heavy atom. The van der Waals surface area contributed by atoms with E-state index in [-0.39, 0.29) is 36.3 Å². The molecule has 142 valence electrons. The molecular weight excluding hydrogens is 360 g/mol. The van der Waals surface area contributed by atoms with Crippen LogP contribution in [0.1, 0.15) is 34.6 Å². The van der Waals surface area contributed by atoms with Crippen molar-refractivity contribution < 1.29 is 19.6 Å². The summed E-state index contributed by atoms with van der Waals surface area (Å²) in [4.78, 5) is 39.9. The number of aliphatic hydroxyl groups excluding tert-OH is 1. The van der Waals surface area contributed by atoms with Gasteiger partial charge in [0.2, 0.25) is 11.8 Å². The average Bonchev–Trinajstić information content (AvgIpc) is 2.97. The molecule has 6 rings (SSSR count). The van der Waals surface area contributed by atoms with Gasteiger partial charge in [-0.2, -0.15) is 0 Å². The summed E-state index contributed by atoms with van der Waals surface area (Å²) in [6, 6.07) is 14.2. The van der Waals surface area contributed by atoms with Crippen molar-refractivity contribution in [3.63, 3.8) is 0 Å². The maximum Gasteiger partial charge on any atom is 0.284 e. The fourth-order valence-electron chi connectivity index (χ4n) is 5.55. The van der Waals surface area contributed by atoms with Gasteiger partial charge >= 0.3 is 0 Å². The fraction of sp³-hybridized carbons (Fsp3) is 0.333. The Bertz CT molecular complexity index is 985. The minimum atomic E-state index is -1.77. The summed E-state index contributed by atoms with van der Waals surface area (Å²) in [5.74, 6) is -3.11. The number of hydrogen-bond acceptors (Lipinski definition) is 5. The number of aliphatic hydroxyl groups is 1. The van der Waals surface area contributed by atoms with E-state index in [2.05, 4.69) is 0 Å². The number of rotatable bonds is 4. The number of likely N-dealkylation sites (tertiary alicyclic amines) is 1. The smallest absolute Gasteiger partial charge is 0.284 e. The van der Waals surface area contributed by atoms with Gasteiger partial charge in [0.05, 0.1) is 5.92 Å². The Kier molecular flexibility index (Phi) is 3.49. The van der Waals surface area contributed by atoms with Gasteiger partial charge in [0.25, 0.3) is 5.54 Å². The lowest BCUT2D eigenvalue weighted by molar-refractivity contribution is -0.578. The lowest BCUT2D eigenvalue weighted by atomic mass is 9.51. The van der Waals surface area contributed by atoms with Gasteiger partial charge in [0, 0.05) is 35.1 Å². The summed E-state index contributed by atoms with van der Waals surface area (Å²) >= 11 is 0. The quantitative estimate of drug-likeness (QED) is 0.495. The first-order chi connectivity index (χ1) is 13.5. The van der Waals surface area contributed by atoms with Crippen LogP contribution in [0.2, 0.25) is 0 Å². The van der Waals surface area contributed by atoms with Crippen molar-refractivity contribution in [2.45, 2.75) is 17.9 Å². The Hall–Kier alpha value is -3.06. The first kappa shape index (κ1) is 17.1. The SMILES string of the molecule is O=C1[C@H]2C3c4ccccc4C([N+](=O)[O-])(c4ccccc43)[C@H]2C(=O)N1CCCO. The van der Waals surface area contributed by atoms with Crippen molar-refractivity contribution in [3.05, 3.63) is 80.9 Å². The second-order valence-electron chi connectivity index (χ2n) is 7.58.